The minimum atomic E-state index is -0.995. The van der Waals surface area contributed by atoms with Gasteiger partial charge >= 0.3 is 18.0 Å². The highest BCUT2D eigenvalue weighted by Crippen LogP contribution is 2.21. The molecule has 0 saturated carbocycles. The SMILES string of the molecule is CCOC(=O)CN1CCN(C(=O)NCCCc2ccc3c(n2)CCCC3)[C@@H](CO)C1=O.CCOC(=O)CN1CCN[C@@H](CO)C1=O.NCCCc1ccc2c(n1)CCCC2. The highest BCUT2D eigenvalue weighted by atomic mass is 16.5. The summed E-state index contributed by atoms with van der Waals surface area (Å²) >= 11 is 0. The number of esters is 2. The van der Waals surface area contributed by atoms with Gasteiger partial charge in [0, 0.05) is 55.5 Å². The molecule has 6 N–H and O–H groups in total. The van der Waals surface area contributed by atoms with Crippen LogP contribution in [0.1, 0.15) is 86.3 Å². The number of amides is 4. The van der Waals surface area contributed by atoms with Gasteiger partial charge in [-0.15, -0.1) is 0 Å². The minimum absolute atomic E-state index is 0.0369. The van der Waals surface area contributed by atoms with Crippen LogP contribution >= 0.6 is 0 Å². The Labute approximate surface area is 353 Å². The van der Waals surface area contributed by atoms with Crippen LogP contribution < -0.4 is 16.4 Å². The zero-order chi connectivity index (χ0) is 43.3. The van der Waals surface area contributed by atoms with E-state index in [1.54, 1.807) is 13.8 Å². The summed E-state index contributed by atoms with van der Waals surface area (Å²) in [5.74, 6) is -1.61. The summed E-state index contributed by atoms with van der Waals surface area (Å²) in [5, 5.41) is 24.2. The molecule has 2 aliphatic carbocycles. The Kier molecular flexibility index (Phi) is 20.6. The van der Waals surface area contributed by atoms with E-state index in [1.807, 2.05) is 0 Å². The molecule has 0 spiro atoms. The molecule has 2 aromatic rings. The first-order chi connectivity index (χ1) is 29.1. The number of aliphatic hydroxyl groups excluding tert-OH is 2. The Hall–Kier alpha value is -4.71. The smallest absolute Gasteiger partial charge is 0.325 e. The number of carbonyl (C=O) groups is 5. The lowest BCUT2D eigenvalue weighted by Crippen LogP contribution is -2.62. The predicted octanol–water partition coefficient (Wildman–Crippen LogP) is 0.865. The van der Waals surface area contributed by atoms with E-state index in [-0.39, 0.29) is 51.3 Å². The molecule has 4 aliphatic rings. The number of ether oxygens (including phenoxy) is 2. The second kappa shape index (κ2) is 25.8. The topological polar surface area (TPSA) is 230 Å². The number of aliphatic hydroxyl groups is 2. The van der Waals surface area contributed by atoms with E-state index in [0.29, 0.717) is 26.2 Å². The predicted molar refractivity (Wildman–Crippen MR) is 224 cm³/mol. The van der Waals surface area contributed by atoms with Crippen LogP contribution in [0.25, 0.3) is 0 Å². The lowest BCUT2D eigenvalue weighted by molar-refractivity contribution is -0.153. The van der Waals surface area contributed by atoms with E-state index in [0.717, 1.165) is 50.8 Å². The van der Waals surface area contributed by atoms with Gasteiger partial charge in [-0.3, -0.25) is 29.1 Å². The summed E-state index contributed by atoms with van der Waals surface area (Å²) in [7, 11) is 0. The molecule has 0 unspecified atom stereocenters. The number of hydrogen-bond acceptors (Lipinski definition) is 13. The maximum atomic E-state index is 12.6. The van der Waals surface area contributed by atoms with Crippen LogP contribution in [0.4, 0.5) is 4.79 Å². The normalized spacial score (nSPS) is 18.5. The fourth-order valence-electron chi connectivity index (χ4n) is 7.61. The molecule has 2 saturated heterocycles. The number of nitrogens with two attached hydrogens (primary N) is 1. The number of nitrogens with one attached hydrogen (secondary N) is 2. The molecule has 332 valence electrons. The number of carbonyl (C=O) groups excluding carboxylic acids is 5. The van der Waals surface area contributed by atoms with Crippen molar-refractivity contribution in [1.29, 1.82) is 0 Å². The van der Waals surface area contributed by atoms with Crippen molar-refractivity contribution in [3.63, 3.8) is 0 Å². The van der Waals surface area contributed by atoms with E-state index in [9.17, 15) is 29.1 Å². The molecule has 0 aromatic carbocycles. The van der Waals surface area contributed by atoms with Crippen LogP contribution in [0.3, 0.4) is 0 Å². The van der Waals surface area contributed by atoms with E-state index >= 15 is 0 Å². The Morgan fingerprint density at radius 1 is 0.767 bits per heavy atom. The Balaban J connectivity index is 0.000000226. The molecular weight excluding hydrogens is 773 g/mol. The molecule has 2 fully saturated rings. The second-order valence-corrected chi connectivity index (χ2v) is 15.2. The number of aromatic nitrogens is 2. The number of hydrogen-bond donors (Lipinski definition) is 5. The summed E-state index contributed by atoms with van der Waals surface area (Å²) in [6, 6.07) is 6.69. The highest BCUT2D eigenvalue weighted by Gasteiger charge is 2.38. The van der Waals surface area contributed by atoms with Crippen molar-refractivity contribution in [2.75, 3.05) is 78.8 Å². The van der Waals surface area contributed by atoms with E-state index in [1.165, 1.54) is 81.4 Å². The zero-order valence-electron chi connectivity index (χ0n) is 35.5. The molecule has 4 heterocycles. The maximum Gasteiger partial charge on any atom is 0.325 e. The standard InChI is InChI=1S/C22H32N4O5.C12H18N2.C9H16N2O4/c1-2-31-20(28)14-25-12-13-26(19(15-27)21(25)29)22(30)23-11-5-7-17-10-9-16-6-3-4-8-18(16)24-17;13-9-3-5-11-8-7-10-4-1-2-6-12(10)14-11;1-2-15-8(13)5-11-4-3-10-7(6-12)9(11)14/h9-10,19,27H,2-8,11-15H2,1H3,(H,23,30);7-8H,1-6,9,13H2;7,10,12H,2-6H2,1H3/t19-;;7-/m0.0/s1. The minimum Gasteiger partial charge on any atom is -0.465 e. The van der Waals surface area contributed by atoms with Crippen LogP contribution in [0.5, 0.6) is 0 Å². The van der Waals surface area contributed by atoms with Gasteiger partial charge < -0.3 is 50.8 Å². The van der Waals surface area contributed by atoms with Gasteiger partial charge in [-0.1, -0.05) is 12.1 Å². The van der Waals surface area contributed by atoms with Crippen LogP contribution in [-0.2, 0) is 67.2 Å². The van der Waals surface area contributed by atoms with Crippen molar-refractivity contribution < 1.29 is 43.7 Å². The number of aryl methyl sites for hydroxylation is 6. The largest absolute Gasteiger partial charge is 0.465 e. The quantitative estimate of drug-likeness (QED) is 0.124. The molecule has 6 rings (SSSR count). The number of piperazine rings is 2. The Bertz CT molecular complexity index is 1710. The van der Waals surface area contributed by atoms with Gasteiger partial charge in [0.2, 0.25) is 11.8 Å². The third-order valence-electron chi connectivity index (χ3n) is 10.8. The highest BCUT2D eigenvalue weighted by molar-refractivity contribution is 5.90. The number of pyridine rings is 2. The van der Waals surface area contributed by atoms with E-state index in [2.05, 4.69) is 34.9 Å². The van der Waals surface area contributed by atoms with Crippen LogP contribution in [0.2, 0.25) is 0 Å². The third-order valence-corrected chi connectivity index (χ3v) is 10.8. The summed E-state index contributed by atoms with van der Waals surface area (Å²) in [6.07, 6.45) is 13.2. The fraction of sp³-hybridized carbons (Fsp3) is 0.651. The summed E-state index contributed by atoms with van der Waals surface area (Å²) in [4.78, 5) is 73.1. The maximum absolute atomic E-state index is 12.6. The van der Waals surface area contributed by atoms with Crippen molar-refractivity contribution in [2.45, 2.75) is 103 Å². The van der Waals surface area contributed by atoms with Crippen molar-refractivity contribution in [3.8, 4) is 0 Å². The Morgan fingerprint density at radius 2 is 1.32 bits per heavy atom. The molecule has 0 radical (unpaired) electrons. The van der Waals surface area contributed by atoms with Crippen LogP contribution in [-0.4, -0.2) is 156 Å². The summed E-state index contributed by atoms with van der Waals surface area (Å²) in [5.41, 5.74) is 13.1. The molecule has 2 aliphatic heterocycles. The molecule has 17 heteroatoms. The average molecular weight is 839 g/mol. The van der Waals surface area contributed by atoms with E-state index < -0.39 is 36.5 Å². The Morgan fingerprint density at radius 3 is 1.85 bits per heavy atom. The van der Waals surface area contributed by atoms with Gasteiger partial charge in [-0.05, 0) is 121 Å². The van der Waals surface area contributed by atoms with Crippen molar-refractivity contribution in [1.82, 2.24) is 35.3 Å². The fourth-order valence-corrected chi connectivity index (χ4v) is 7.61. The van der Waals surface area contributed by atoms with Gasteiger partial charge in [0.05, 0.1) is 26.4 Å². The number of rotatable bonds is 15. The molecule has 60 heavy (non-hydrogen) atoms. The molecule has 17 nitrogen and oxygen atoms in total. The average Bonchev–Trinajstić information content (AvgIpc) is 3.26. The van der Waals surface area contributed by atoms with Gasteiger partial charge in [0.15, 0.2) is 0 Å². The first-order valence-corrected chi connectivity index (χ1v) is 21.7. The molecule has 2 atom stereocenters. The molecule has 4 amide bonds. The van der Waals surface area contributed by atoms with Crippen LogP contribution in [0.15, 0.2) is 24.3 Å². The zero-order valence-corrected chi connectivity index (χ0v) is 35.5. The lowest BCUT2D eigenvalue weighted by Gasteiger charge is -2.39. The molecule has 2 aromatic heterocycles. The van der Waals surface area contributed by atoms with Crippen LogP contribution in [0, 0.1) is 0 Å². The van der Waals surface area contributed by atoms with Crippen molar-refractivity contribution >= 4 is 29.8 Å². The van der Waals surface area contributed by atoms with Gasteiger partial charge in [0.1, 0.15) is 25.2 Å². The van der Waals surface area contributed by atoms with Gasteiger partial charge in [-0.25, -0.2) is 4.79 Å². The molecular formula is C43H66N8O9. The number of nitrogens with zero attached hydrogens (tertiary/aromatic N) is 5. The van der Waals surface area contributed by atoms with Gasteiger partial charge in [0.25, 0.3) is 0 Å². The first-order valence-electron chi connectivity index (χ1n) is 21.7. The van der Waals surface area contributed by atoms with Crippen molar-refractivity contribution in [2.24, 2.45) is 5.73 Å². The lowest BCUT2D eigenvalue weighted by atomic mass is 9.95. The number of fused-ring (bicyclic) bond motifs is 2. The number of urea groups is 1. The summed E-state index contributed by atoms with van der Waals surface area (Å²) in [6.45, 7) is 5.72. The van der Waals surface area contributed by atoms with Gasteiger partial charge in [-0.2, -0.15) is 0 Å². The van der Waals surface area contributed by atoms with E-state index in [4.69, 9.17) is 30.3 Å². The first kappa shape index (κ1) is 48.0. The second-order valence-electron chi connectivity index (χ2n) is 15.2. The third kappa shape index (κ3) is 14.8. The monoisotopic (exact) mass is 838 g/mol. The van der Waals surface area contributed by atoms with Crippen molar-refractivity contribution in [3.05, 3.63) is 58.2 Å². The summed E-state index contributed by atoms with van der Waals surface area (Å²) < 4.78 is 9.62. The molecule has 0 bridgehead atoms.